The van der Waals surface area contributed by atoms with Gasteiger partial charge in [-0.2, -0.15) is 0 Å². The number of carbonyl (C=O) groups excluding carboxylic acids is 1. The van der Waals surface area contributed by atoms with Crippen LogP contribution < -0.4 is 10.5 Å². The van der Waals surface area contributed by atoms with Gasteiger partial charge in [-0.25, -0.2) is 4.98 Å². The van der Waals surface area contributed by atoms with E-state index >= 15 is 0 Å². The molecular weight excluding hydrogens is 452 g/mol. The van der Waals surface area contributed by atoms with Crippen LogP contribution in [0.5, 0.6) is 0 Å². The van der Waals surface area contributed by atoms with Crippen molar-refractivity contribution in [3.8, 4) is 0 Å². The molecule has 0 atom stereocenters. The Bertz CT molecular complexity index is 1330. The largest absolute Gasteiger partial charge is 0.356 e. The number of fused-ring (bicyclic) bond motifs is 1. The number of carbonyl (C=O) groups is 1. The van der Waals surface area contributed by atoms with Crippen LogP contribution in [0.1, 0.15) is 36.0 Å². The average Bonchev–Trinajstić information content (AvgIpc) is 3.10. The first-order valence-electron chi connectivity index (χ1n) is 11.1. The maximum Gasteiger partial charge on any atom is 0.267 e. The Balaban J connectivity index is 1.59. The number of thioether (sulfide) groups is 1. The molecule has 0 saturated carbocycles. The summed E-state index contributed by atoms with van der Waals surface area (Å²) >= 11 is 6.76. The summed E-state index contributed by atoms with van der Waals surface area (Å²) in [4.78, 5) is 36.0. The second-order valence-electron chi connectivity index (χ2n) is 8.34. The molecule has 0 radical (unpaired) electrons. The fraction of sp³-hybridized carbons (Fsp3) is 0.280. The van der Waals surface area contributed by atoms with E-state index in [4.69, 9.17) is 17.2 Å². The molecule has 0 spiro atoms. The van der Waals surface area contributed by atoms with Gasteiger partial charge in [0.05, 0.1) is 17.0 Å². The lowest BCUT2D eigenvalue weighted by atomic mass is 10.1. The highest BCUT2D eigenvalue weighted by Crippen LogP contribution is 2.35. The summed E-state index contributed by atoms with van der Waals surface area (Å²) in [7, 11) is 0. The number of aromatic nitrogens is 2. The first kappa shape index (κ1) is 21.9. The third kappa shape index (κ3) is 4.20. The Hall–Kier alpha value is -2.97. The molecule has 2 saturated heterocycles. The second kappa shape index (κ2) is 9.11. The van der Waals surface area contributed by atoms with Gasteiger partial charge in [0.15, 0.2) is 0 Å². The number of thiocarbonyl (C=S) groups is 1. The van der Waals surface area contributed by atoms with Gasteiger partial charge >= 0.3 is 0 Å². The van der Waals surface area contributed by atoms with Gasteiger partial charge < -0.3 is 4.90 Å². The fourth-order valence-corrected chi connectivity index (χ4v) is 5.54. The number of hydrogen-bond acceptors (Lipinski definition) is 6. The van der Waals surface area contributed by atoms with Gasteiger partial charge in [0.1, 0.15) is 15.8 Å². The van der Waals surface area contributed by atoms with E-state index in [1.54, 1.807) is 21.6 Å². The number of anilines is 1. The molecular formula is C25H24N4O2S2. The Kier molecular flexibility index (Phi) is 6.03. The predicted octanol–water partition coefficient (Wildman–Crippen LogP) is 4.39. The normalized spacial score (nSPS) is 18.0. The molecule has 168 valence electrons. The molecule has 4 heterocycles. The van der Waals surface area contributed by atoms with E-state index in [2.05, 4.69) is 4.90 Å². The van der Waals surface area contributed by atoms with Crippen LogP contribution in [0.4, 0.5) is 5.82 Å². The molecule has 2 fully saturated rings. The van der Waals surface area contributed by atoms with Gasteiger partial charge in [-0.3, -0.25) is 18.9 Å². The highest BCUT2D eigenvalue weighted by atomic mass is 32.2. The maximum absolute atomic E-state index is 13.6. The van der Waals surface area contributed by atoms with Crippen molar-refractivity contribution in [3.05, 3.63) is 80.6 Å². The molecule has 5 rings (SSSR count). The van der Waals surface area contributed by atoms with E-state index in [0.717, 1.165) is 37.1 Å². The lowest BCUT2D eigenvalue weighted by Gasteiger charge is -2.29. The minimum Gasteiger partial charge on any atom is -0.356 e. The number of piperidine rings is 1. The first-order valence-corrected chi connectivity index (χ1v) is 12.3. The lowest BCUT2D eigenvalue weighted by Crippen LogP contribution is -2.33. The third-order valence-corrected chi connectivity index (χ3v) is 7.43. The summed E-state index contributed by atoms with van der Waals surface area (Å²) in [6.45, 7) is 4.07. The number of hydrogen-bond donors (Lipinski definition) is 0. The Morgan fingerprint density at radius 1 is 1.06 bits per heavy atom. The lowest BCUT2D eigenvalue weighted by molar-refractivity contribution is -0.122. The number of benzene rings is 1. The van der Waals surface area contributed by atoms with Crippen LogP contribution in [0, 0.1) is 6.92 Å². The van der Waals surface area contributed by atoms with Gasteiger partial charge in [0.25, 0.3) is 11.5 Å². The number of rotatable bonds is 4. The zero-order chi connectivity index (χ0) is 22.9. The van der Waals surface area contributed by atoms with Gasteiger partial charge in [-0.05, 0) is 49.5 Å². The summed E-state index contributed by atoms with van der Waals surface area (Å²) < 4.78 is 2.07. The minimum atomic E-state index is -0.174. The van der Waals surface area contributed by atoms with Crippen molar-refractivity contribution >= 4 is 51.7 Å². The quantitative estimate of drug-likeness (QED) is 0.411. The average molecular weight is 477 g/mol. The van der Waals surface area contributed by atoms with Crippen molar-refractivity contribution in [2.45, 2.75) is 32.7 Å². The molecule has 1 amide bonds. The maximum atomic E-state index is 13.6. The molecule has 0 unspecified atom stereocenters. The van der Waals surface area contributed by atoms with Crippen LogP contribution >= 0.6 is 24.0 Å². The van der Waals surface area contributed by atoms with Crippen LogP contribution in [0.3, 0.4) is 0 Å². The molecule has 2 aliphatic rings. The van der Waals surface area contributed by atoms with Crippen molar-refractivity contribution in [2.24, 2.45) is 0 Å². The van der Waals surface area contributed by atoms with E-state index in [1.807, 2.05) is 49.4 Å². The van der Waals surface area contributed by atoms with Crippen LogP contribution in [0.15, 0.2) is 58.4 Å². The molecule has 2 aliphatic heterocycles. The predicted molar refractivity (Wildman–Crippen MR) is 137 cm³/mol. The van der Waals surface area contributed by atoms with Gasteiger partial charge in [0, 0.05) is 19.3 Å². The fourth-order valence-electron chi connectivity index (χ4n) is 4.31. The molecule has 0 N–H and O–H groups in total. The summed E-state index contributed by atoms with van der Waals surface area (Å²) in [5.74, 6) is 0.481. The molecule has 2 aromatic heterocycles. The Labute approximate surface area is 201 Å². The van der Waals surface area contributed by atoms with E-state index in [1.165, 1.54) is 18.2 Å². The highest BCUT2D eigenvalue weighted by Gasteiger charge is 2.33. The van der Waals surface area contributed by atoms with Crippen LogP contribution in [0.25, 0.3) is 11.7 Å². The van der Waals surface area contributed by atoms with Gasteiger partial charge in [-0.1, -0.05) is 60.4 Å². The first-order chi connectivity index (χ1) is 16.0. The monoisotopic (exact) mass is 476 g/mol. The van der Waals surface area contributed by atoms with Crippen molar-refractivity contribution in [1.29, 1.82) is 0 Å². The van der Waals surface area contributed by atoms with Crippen molar-refractivity contribution < 1.29 is 4.79 Å². The highest BCUT2D eigenvalue weighted by molar-refractivity contribution is 8.26. The van der Waals surface area contributed by atoms with Crippen LogP contribution in [-0.2, 0) is 11.3 Å². The third-order valence-electron chi connectivity index (χ3n) is 6.05. The minimum absolute atomic E-state index is 0.169. The van der Waals surface area contributed by atoms with Gasteiger partial charge in [0.2, 0.25) is 0 Å². The van der Waals surface area contributed by atoms with Crippen molar-refractivity contribution in [1.82, 2.24) is 14.3 Å². The Morgan fingerprint density at radius 3 is 2.58 bits per heavy atom. The summed E-state index contributed by atoms with van der Waals surface area (Å²) in [5, 5.41) is 0. The standard InChI is InChI=1S/C25H24N4O2S2/c1-17-9-8-14-28-21(17)26-22(27-12-6-3-7-13-27)19(23(28)30)15-20-24(31)29(25(32)33-20)16-18-10-4-2-5-11-18/h2,4-5,8-11,14-15H,3,6-7,12-13,16H2,1H3. The van der Waals surface area contributed by atoms with E-state index in [-0.39, 0.29) is 11.5 Å². The Morgan fingerprint density at radius 2 is 1.82 bits per heavy atom. The number of aryl methyl sites for hydroxylation is 1. The van der Waals surface area contributed by atoms with E-state index in [0.29, 0.717) is 32.8 Å². The SMILES string of the molecule is Cc1cccn2c(=O)c(C=C3SC(=S)N(Cc4ccccc4)C3=O)c(N3CCCCC3)nc12. The zero-order valence-electron chi connectivity index (χ0n) is 18.4. The molecule has 1 aromatic carbocycles. The number of nitrogens with zero attached hydrogens (tertiary/aromatic N) is 4. The molecule has 8 heteroatoms. The molecule has 3 aromatic rings. The van der Waals surface area contributed by atoms with E-state index < -0.39 is 0 Å². The summed E-state index contributed by atoms with van der Waals surface area (Å²) in [6.07, 6.45) is 6.73. The van der Waals surface area contributed by atoms with Crippen LogP contribution in [0.2, 0.25) is 0 Å². The molecule has 0 aliphatic carbocycles. The molecule has 0 bridgehead atoms. The van der Waals surface area contributed by atoms with E-state index in [9.17, 15) is 9.59 Å². The zero-order valence-corrected chi connectivity index (χ0v) is 20.0. The smallest absolute Gasteiger partial charge is 0.267 e. The number of pyridine rings is 1. The number of amides is 1. The van der Waals surface area contributed by atoms with Gasteiger partial charge in [-0.15, -0.1) is 0 Å². The van der Waals surface area contributed by atoms with Crippen molar-refractivity contribution in [2.75, 3.05) is 18.0 Å². The van der Waals surface area contributed by atoms with Crippen molar-refractivity contribution in [3.63, 3.8) is 0 Å². The second-order valence-corrected chi connectivity index (χ2v) is 10.0. The summed E-state index contributed by atoms with van der Waals surface area (Å²) in [5.41, 5.74) is 2.87. The van der Waals surface area contributed by atoms with Crippen LogP contribution in [-0.4, -0.2) is 37.6 Å². The summed E-state index contributed by atoms with van der Waals surface area (Å²) in [6, 6.07) is 13.6. The molecule has 6 nitrogen and oxygen atoms in total. The molecule has 33 heavy (non-hydrogen) atoms. The topological polar surface area (TPSA) is 57.9 Å².